The lowest BCUT2D eigenvalue weighted by molar-refractivity contribution is 0.454. The highest BCUT2D eigenvalue weighted by molar-refractivity contribution is 5.41. The van der Waals surface area contributed by atoms with Gasteiger partial charge in [-0.3, -0.25) is 5.32 Å². The van der Waals surface area contributed by atoms with Crippen molar-refractivity contribution < 1.29 is 0 Å². The lowest BCUT2D eigenvalue weighted by atomic mass is 9.96. The summed E-state index contributed by atoms with van der Waals surface area (Å²) in [5.41, 5.74) is 1.07. The van der Waals surface area contributed by atoms with Crippen LogP contribution in [0, 0.1) is 0 Å². The minimum absolute atomic E-state index is 0.467. The largest absolute Gasteiger partial charge is 0.316 e. The number of hydrogen-bond acceptors (Lipinski definition) is 6. The summed E-state index contributed by atoms with van der Waals surface area (Å²) in [5.74, 6) is 1.53. The van der Waals surface area contributed by atoms with Gasteiger partial charge in [-0.25, -0.2) is 19.9 Å². The summed E-state index contributed by atoms with van der Waals surface area (Å²) in [5, 5.41) is 6.42. The first-order chi connectivity index (χ1) is 9.42. The molecule has 98 valence electrons. The van der Waals surface area contributed by atoms with E-state index < -0.39 is 0 Å². The second kappa shape index (κ2) is 5.71. The Morgan fingerprint density at radius 3 is 2.74 bits per heavy atom. The Balaban J connectivity index is 1.76. The molecule has 0 radical (unpaired) electrons. The minimum Gasteiger partial charge on any atom is -0.316 e. The van der Waals surface area contributed by atoms with Crippen molar-refractivity contribution in [2.75, 3.05) is 18.4 Å². The molecule has 1 aliphatic heterocycles. The fourth-order valence-corrected chi connectivity index (χ4v) is 2.23. The van der Waals surface area contributed by atoms with E-state index in [2.05, 4.69) is 30.6 Å². The molecule has 0 aliphatic carbocycles. The molecule has 1 saturated heterocycles. The van der Waals surface area contributed by atoms with Gasteiger partial charge < -0.3 is 5.32 Å². The van der Waals surface area contributed by atoms with Gasteiger partial charge in [0, 0.05) is 31.1 Å². The molecule has 0 saturated carbocycles. The Morgan fingerprint density at radius 1 is 1.11 bits per heavy atom. The van der Waals surface area contributed by atoms with Gasteiger partial charge in [0.25, 0.3) is 0 Å². The summed E-state index contributed by atoms with van der Waals surface area (Å²) in [7, 11) is 0. The highest BCUT2D eigenvalue weighted by Crippen LogP contribution is 2.22. The molecule has 3 heterocycles. The maximum absolute atomic E-state index is 4.55. The van der Waals surface area contributed by atoms with Crippen LogP contribution in [-0.4, -0.2) is 33.0 Å². The molecular weight excluding hydrogens is 240 g/mol. The van der Waals surface area contributed by atoms with Gasteiger partial charge in [0.2, 0.25) is 11.9 Å². The first-order valence-corrected chi connectivity index (χ1v) is 6.49. The van der Waals surface area contributed by atoms with Crippen LogP contribution < -0.4 is 10.6 Å². The lowest BCUT2D eigenvalue weighted by Gasteiger charge is -2.22. The third kappa shape index (κ3) is 3.03. The highest BCUT2D eigenvalue weighted by atomic mass is 15.2. The molecule has 1 fully saturated rings. The zero-order valence-electron chi connectivity index (χ0n) is 10.6. The van der Waals surface area contributed by atoms with Crippen molar-refractivity contribution in [2.24, 2.45) is 0 Å². The fourth-order valence-electron chi connectivity index (χ4n) is 2.23. The van der Waals surface area contributed by atoms with E-state index in [0.29, 0.717) is 17.8 Å². The van der Waals surface area contributed by atoms with Crippen LogP contribution >= 0.6 is 0 Å². The van der Waals surface area contributed by atoms with Gasteiger partial charge in [0.15, 0.2) is 0 Å². The van der Waals surface area contributed by atoms with Crippen LogP contribution in [0.25, 0.3) is 0 Å². The zero-order valence-corrected chi connectivity index (χ0v) is 10.6. The monoisotopic (exact) mass is 256 g/mol. The van der Waals surface area contributed by atoms with Gasteiger partial charge in [-0.15, -0.1) is 0 Å². The van der Waals surface area contributed by atoms with Crippen molar-refractivity contribution in [3.05, 3.63) is 36.4 Å². The molecule has 1 atom stereocenters. The van der Waals surface area contributed by atoms with Crippen LogP contribution in [0.4, 0.5) is 11.9 Å². The van der Waals surface area contributed by atoms with Crippen LogP contribution in [0.1, 0.15) is 24.5 Å². The van der Waals surface area contributed by atoms with E-state index in [1.807, 2.05) is 6.07 Å². The first-order valence-electron chi connectivity index (χ1n) is 6.49. The van der Waals surface area contributed by atoms with Crippen LogP contribution in [0.15, 0.2) is 30.7 Å². The number of piperidine rings is 1. The standard InChI is InChI=1S/C13H16N6/c1-3-10(9-14-5-1)11-4-8-17-13(18-11)19-12-15-6-2-7-16-12/h2,4,6-8,10,14H,1,3,5,9H2,(H,15,16,17,18,19). The minimum atomic E-state index is 0.467. The van der Waals surface area contributed by atoms with Gasteiger partial charge >= 0.3 is 0 Å². The van der Waals surface area contributed by atoms with Gasteiger partial charge in [-0.2, -0.15) is 0 Å². The third-order valence-electron chi connectivity index (χ3n) is 3.18. The number of aromatic nitrogens is 4. The van der Waals surface area contributed by atoms with Crippen LogP contribution in [0.5, 0.6) is 0 Å². The van der Waals surface area contributed by atoms with Crippen molar-refractivity contribution >= 4 is 11.9 Å². The van der Waals surface area contributed by atoms with Crippen molar-refractivity contribution in [3.8, 4) is 0 Å². The summed E-state index contributed by atoms with van der Waals surface area (Å²) in [6.07, 6.45) is 7.52. The maximum atomic E-state index is 4.55. The average molecular weight is 256 g/mol. The van der Waals surface area contributed by atoms with Crippen LogP contribution in [0.2, 0.25) is 0 Å². The van der Waals surface area contributed by atoms with Crippen molar-refractivity contribution in [1.82, 2.24) is 25.3 Å². The molecule has 0 bridgehead atoms. The molecule has 1 aliphatic rings. The summed E-state index contributed by atoms with van der Waals surface area (Å²) in [4.78, 5) is 17.0. The van der Waals surface area contributed by atoms with E-state index in [1.54, 1.807) is 24.7 Å². The van der Waals surface area contributed by atoms with Gasteiger partial charge in [-0.05, 0) is 31.5 Å². The molecule has 2 aromatic heterocycles. The Labute approximate surface area is 111 Å². The average Bonchev–Trinajstić information content (AvgIpc) is 2.49. The van der Waals surface area contributed by atoms with Crippen LogP contribution in [-0.2, 0) is 0 Å². The molecular formula is C13H16N6. The Kier molecular flexibility index (Phi) is 3.60. The molecule has 0 amide bonds. The SMILES string of the molecule is c1cnc(Nc2nccc(C3CCCNC3)n2)nc1. The Hall–Kier alpha value is -2.08. The molecule has 2 aromatic rings. The van der Waals surface area contributed by atoms with Crippen molar-refractivity contribution in [3.63, 3.8) is 0 Å². The molecule has 19 heavy (non-hydrogen) atoms. The predicted molar refractivity (Wildman–Crippen MR) is 72.2 cm³/mol. The third-order valence-corrected chi connectivity index (χ3v) is 3.18. The van der Waals surface area contributed by atoms with E-state index in [0.717, 1.165) is 18.8 Å². The van der Waals surface area contributed by atoms with E-state index >= 15 is 0 Å². The quantitative estimate of drug-likeness (QED) is 0.866. The van der Waals surface area contributed by atoms with Crippen LogP contribution in [0.3, 0.4) is 0 Å². The second-order valence-corrected chi connectivity index (χ2v) is 4.55. The zero-order chi connectivity index (χ0) is 12.9. The van der Waals surface area contributed by atoms with E-state index in [1.165, 1.54) is 12.8 Å². The smallest absolute Gasteiger partial charge is 0.229 e. The number of nitrogens with one attached hydrogen (secondary N) is 2. The molecule has 6 heteroatoms. The Bertz CT molecular complexity index is 524. The molecule has 1 unspecified atom stereocenters. The van der Waals surface area contributed by atoms with E-state index in [9.17, 15) is 0 Å². The highest BCUT2D eigenvalue weighted by Gasteiger charge is 2.16. The Morgan fingerprint density at radius 2 is 1.95 bits per heavy atom. The topological polar surface area (TPSA) is 75.6 Å². The normalized spacial score (nSPS) is 19.1. The molecule has 6 nitrogen and oxygen atoms in total. The fraction of sp³-hybridized carbons (Fsp3) is 0.385. The first kappa shape index (κ1) is 12.0. The molecule has 0 spiro atoms. The summed E-state index contributed by atoms with van der Waals surface area (Å²) in [6.45, 7) is 2.09. The van der Waals surface area contributed by atoms with Gasteiger partial charge in [0.05, 0.1) is 5.69 Å². The molecule has 2 N–H and O–H groups in total. The second-order valence-electron chi connectivity index (χ2n) is 4.55. The lowest BCUT2D eigenvalue weighted by Crippen LogP contribution is -2.28. The molecule has 3 rings (SSSR count). The summed E-state index contributed by atoms with van der Waals surface area (Å²) in [6, 6.07) is 3.75. The summed E-state index contributed by atoms with van der Waals surface area (Å²) >= 11 is 0. The van der Waals surface area contributed by atoms with Gasteiger partial charge in [-0.1, -0.05) is 0 Å². The summed E-state index contributed by atoms with van der Waals surface area (Å²) < 4.78 is 0. The number of hydrogen-bond donors (Lipinski definition) is 2. The van der Waals surface area contributed by atoms with Crippen molar-refractivity contribution in [1.29, 1.82) is 0 Å². The van der Waals surface area contributed by atoms with Crippen molar-refractivity contribution in [2.45, 2.75) is 18.8 Å². The molecule has 0 aromatic carbocycles. The van der Waals surface area contributed by atoms with Gasteiger partial charge in [0.1, 0.15) is 0 Å². The predicted octanol–water partition coefficient (Wildman–Crippen LogP) is 1.48. The number of rotatable bonds is 3. The number of nitrogens with zero attached hydrogens (tertiary/aromatic N) is 4. The maximum Gasteiger partial charge on any atom is 0.229 e. The van der Waals surface area contributed by atoms with E-state index in [-0.39, 0.29) is 0 Å². The number of anilines is 2. The van der Waals surface area contributed by atoms with E-state index in [4.69, 9.17) is 0 Å².